The fraction of sp³-hybridized carbons (Fsp3) is 0.182. The van der Waals surface area contributed by atoms with Gasteiger partial charge < -0.3 is 0 Å². The number of aryl methyl sites for hydroxylation is 2. The average molecular weight is 312 g/mol. The lowest BCUT2D eigenvalue weighted by atomic mass is 10.2. The zero-order chi connectivity index (χ0) is 14.9. The first-order valence-electron chi connectivity index (χ1n) is 5.50. The summed E-state index contributed by atoms with van der Waals surface area (Å²) in [4.78, 5) is 19.9. The Kier molecular flexibility index (Phi) is 3.84. The molecule has 0 aromatic carbocycles. The van der Waals surface area contributed by atoms with E-state index >= 15 is 0 Å². The first-order chi connectivity index (χ1) is 9.27. The molecule has 2 rings (SSSR count). The molecule has 0 saturated carbocycles. The van der Waals surface area contributed by atoms with Crippen LogP contribution in [0.15, 0.2) is 22.7 Å². The van der Waals surface area contributed by atoms with Gasteiger partial charge in [-0.05, 0) is 25.5 Å². The number of carbonyl (C=O) groups excluding carboxylic acids is 1. The van der Waals surface area contributed by atoms with Crippen LogP contribution >= 0.6 is 11.3 Å². The van der Waals surface area contributed by atoms with Crippen molar-refractivity contribution in [1.82, 2.24) is 9.97 Å². The lowest BCUT2D eigenvalue weighted by molar-refractivity contribution is 0.102. The number of pyridine rings is 1. The molecule has 0 aliphatic rings. The molecule has 2 aromatic heterocycles. The van der Waals surface area contributed by atoms with E-state index in [1.807, 2.05) is 6.92 Å². The molecule has 0 spiro atoms. The Labute approximate surface area is 119 Å². The molecule has 7 nitrogen and oxygen atoms in total. The zero-order valence-corrected chi connectivity index (χ0v) is 12.4. The van der Waals surface area contributed by atoms with Crippen molar-refractivity contribution in [2.24, 2.45) is 5.14 Å². The number of nitrogens with zero attached hydrogens (tertiary/aromatic N) is 2. The molecule has 20 heavy (non-hydrogen) atoms. The zero-order valence-electron chi connectivity index (χ0n) is 10.7. The number of primary sulfonamides is 1. The van der Waals surface area contributed by atoms with Crippen LogP contribution in [0.1, 0.15) is 21.6 Å². The number of nitrogens with two attached hydrogens (primary N) is 1. The van der Waals surface area contributed by atoms with Crippen LogP contribution in [-0.4, -0.2) is 24.3 Å². The van der Waals surface area contributed by atoms with Gasteiger partial charge in [0.2, 0.25) is 10.0 Å². The molecular weight excluding hydrogens is 300 g/mol. The third-order valence-corrected chi connectivity index (χ3v) is 5.00. The van der Waals surface area contributed by atoms with E-state index in [0.29, 0.717) is 5.56 Å². The second-order valence-electron chi connectivity index (χ2n) is 4.14. The number of rotatable bonds is 3. The molecule has 1 amide bonds. The molecule has 0 radical (unpaired) electrons. The van der Waals surface area contributed by atoms with E-state index in [1.165, 1.54) is 13.1 Å². The summed E-state index contributed by atoms with van der Waals surface area (Å²) in [6, 6.07) is 1.67. The van der Waals surface area contributed by atoms with Crippen LogP contribution in [0.4, 0.5) is 5.13 Å². The standard InChI is InChI=1S/C11H12N4O3S2/c1-6-3-8(5-13-4-6)9(16)15-11-14-7(2)10(19-11)20(12,17)18/h3-5H,1-2H3,(H2,12,17,18)(H,14,15,16). The minimum atomic E-state index is -3.83. The van der Waals surface area contributed by atoms with Crippen LogP contribution in [0.5, 0.6) is 0 Å². The molecule has 0 unspecified atom stereocenters. The van der Waals surface area contributed by atoms with Crippen molar-refractivity contribution >= 4 is 32.4 Å². The number of aromatic nitrogens is 2. The summed E-state index contributed by atoms with van der Waals surface area (Å²) >= 11 is 0.817. The SMILES string of the molecule is Cc1cncc(C(=O)Nc2nc(C)c(S(N)(=O)=O)s2)c1. The van der Waals surface area contributed by atoms with Crippen molar-refractivity contribution in [3.63, 3.8) is 0 Å². The smallest absolute Gasteiger partial charge is 0.259 e. The van der Waals surface area contributed by atoms with Crippen LogP contribution in [0.25, 0.3) is 0 Å². The number of anilines is 1. The number of thiazole rings is 1. The fourth-order valence-corrected chi connectivity index (χ4v) is 3.40. The van der Waals surface area contributed by atoms with E-state index in [1.54, 1.807) is 12.3 Å². The van der Waals surface area contributed by atoms with Crippen molar-refractivity contribution in [1.29, 1.82) is 0 Å². The minimum Gasteiger partial charge on any atom is -0.298 e. The van der Waals surface area contributed by atoms with Gasteiger partial charge in [0, 0.05) is 12.4 Å². The lowest BCUT2D eigenvalue weighted by Gasteiger charge is -2.01. The van der Waals surface area contributed by atoms with Crippen molar-refractivity contribution in [3.8, 4) is 0 Å². The summed E-state index contributed by atoms with van der Waals surface area (Å²) in [5.41, 5.74) is 1.48. The maximum absolute atomic E-state index is 12.0. The molecule has 0 fully saturated rings. The normalized spacial score (nSPS) is 11.3. The van der Waals surface area contributed by atoms with Crippen LogP contribution < -0.4 is 10.5 Å². The van der Waals surface area contributed by atoms with Gasteiger partial charge in [-0.15, -0.1) is 0 Å². The summed E-state index contributed by atoms with van der Waals surface area (Å²) in [5, 5.41) is 7.76. The Bertz CT molecular complexity index is 768. The Morgan fingerprint density at radius 2 is 2.05 bits per heavy atom. The Morgan fingerprint density at radius 1 is 1.35 bits per heavy atom. The number of hydrogen-bond acceptors (Lipinski definition) is 6. The highest BCUT2D eigenvalue weighted by atomic mass is 32.2. The van der Waals surface area contributed by atoms with Crippen LogP contribution in [0.2, 0.25) is 0 Å². The Balaban J connectivity index is 2.25. The largest absolute Gasteiger partial charge is 0.298 e. The van der Waals surface area contributed by atoms with Crippen molar-refractivity contribution in [2.45, 2.75) is 18.1 Å². The molecule has 0 aliphatic carbocycles. The summed E-state index contributed by atoms with van der Waals surface area (Å²) in [5.74, 6) is -0.407. The molecule has 0 bridgehead atoms. The third kappa shape index (κ3) is 3.18. The topological polar surface area (TPSA) is 115 Å². The lowest BCUT2D eigenvalue weighted by Crippen LogP contribution is -2.12. The van der Waals surface area contributed by atoms with Gasteiger partial charge in [-0.25, -0.2) is 18.5 Å². The molecule has 106 valence electrons. The minimum absolute atomic E-state index is 0.0600. The summed E-state index contributed by atoms with van der Waals surface area (Å²) in [6.45, 7) is 3.33. The summed E-state index contributed by atoms with van der Waals surface area (Å²) < 4.78 is 22.5. The molecule has 2 heterocycles. The quantitative estimate of drug-likeness (QED) is 0.879. The number of sulfonamides is 1. The van der Waals surface area contributed by atoms with Gasteiger partial charge in [0.05, 0.1) is 11.3 Å². The van der Waals surface area contributed by atoms with Crippen molar-refractivity contribution in [2.75, 3.05) is 5.32 Å². The molecule has 0 aliphatic heterocycles. The Morgan fingerprint density at radius 3 is 2.60 bits per heavy atom. The van der Waals surface area contributed by atoms with Gasteiger partial charge in [-0.2, -0.15) is 0 Å². The van der Waals surface area contributed by atoms with Crippen LogP contribution in [-0.2, 0) is 10.0 Å². The van der Waals surface area contributed by atoms with E-state index in [4.69, 9.17) is 5.14 Å². The number of carbonyl (C=O) groups is 1. The van der Waals surface area contributed by atoms with E-state index in [9.17, 15) is 13.2 Å². The summed E-state index contributed by atoms with van der Waals surface area (Å²) in [7, 11) is -3.83. The first-order valence-corrected chi connectivity index (χ1v) is 7.87. The maximum atomic E-state index is 12.0. The molecule has 2 aromatic rings. The predicted octanol–water partition coefficient (Wildman–Crippen LogP) is 1.05. The third-order valence-electron chi connectivity index (χ3n) is 2.37. The maximum Gasteiger partial charge on any atom is 0.259 e. The van der Waals surface area contributed by atoms with Crippen LogP contribution in [0, 0.1) is 13.8 Å². The van der Waals surface area contributed by atoms with Gasteiger partial charge in [0.25, 0.3) is 5.91 Å². The highest BCUT2D eigenvalue weighted by Crippen LogP contribution is 2.26. The molecular formula is C11H12N4O3S2. The van der Waals surface area contributed by atoms with E-state index in [2.05, 4.69) is 15.3 Å². The van der Waals surface area contributed by atoms with Crippen LogP contribution in [0.3, 0.4) is 0 Å². The van der Waals surface area contributed by atoms with Crippen molar-refractivity contribution < 1.29 is 13.2 Å². The van der Waals surface area contributed by atoms with E-state index < -0.39 is 15.9 Å². The van der Waals surface area contributed by atoms with E-state index in [-0.39, 0.29) is 15.0 Å². The van der Waals surface area contributed by atoms with Gasteiger partial charge in [-0.3, -0.25) is 15.1 Å². The highest BCUT2D eigenvalue weighted by molar-refractivity contribution is 7.91. The molecule has 0 saturated heterocycles. The van der Waals surface area contributed by atoms with E-state index in [0.717, 1.165) is 16.9 Å². The average Bonchev–Trinajstić information content (AvgIpc) is 2.70. The second kappa shape index (κ2) is 5.27. The molecule has 3 N–H and O–H groups in total. The fourth-order valence-electron chi connectivity index (χ4n) is 1.55. The highest BCUT2D eigenvalue weighted by Gasteiger charge is 2.19. The van der Waals surface area contributed by atoms with Gasteiger partial charge in [0.1, 0.15) is 0 Å². The molecule has 0 atom stereocenters. The van der Waals surface area contributed by atoms with Gasteiger partial charge in [0.15, 0.2) is 9.34 Å². The Hall–Kier alpha value is -1.84. The number of hydrogen-bond donors (Lipinski definition) is 2. The van der Waals surface area contributed by atoms with Crippen molar-refractivity contribution in [3.05, 3.63) is 35.3 Å². The predicted molar refractivity (Wildman–Crippen MR) is 75.2 cm³/mol. The monoisotopic (exact) mass is 312 g/mol. The number of nitrogens with one attached hydrogen (secondary N) is 1. The summed E-state index contributed by atoms with van der Waals surface area (Å²) in [6.07, 6.45) is 3.05. The molecule has 9 heteroatoms. The van der Waals surface area contributed by atoms with Gasteiger partial charge in [-0.1, -0.05) is 11.3 Å². The first kappa shape index (κ1) is 14.6. The second-order valence-corrected chi connectivity index (χ2v) is 6.90. The number of amides is 1. The van der Waals surface area contributed by atoms with Gasteiger partial charge >= 0.3 is 0 Å².